The topological polar surface area (TPSA) is 71.1 Å². The monoisotopic (exact) mass is 362 g/mol. The van der Waals surface area contributed by atoms with Crippen molar-refractivity contribution in [2.45, 2.75) is 25.6 Å². The first kappa shape index (κ1) is 17.4. The lowest BCUT2D eigenvalue weighted by Gasteiger charge is -2.32. The number of nitrogens with zero attached hydrogens (tertiary/aromatic N) is 3. The smallest absolute Gasteiger partial charge is 0.253 e. The Morgan fingerprint density at radius 3 is 2.78 bits per heavy atom. The molecule has 6 nitrogen and oxygen atoms in total. The van der Waals surface area contributed by atoms with Gasteiger partial charge in [0, 0.05) is 31.0 Å². The molecule has 0 spiro atoms. The molecular weight excluding hydrogens is 340 g/mol. The summed E-state index contributed by atoms with van der Waals surface area (Å²) in [4.78, 5) is 19.0. The van der Waals surface area contributed by atoms with E-state index in [1.54, 1.807) is 12.4 Å². The van der Waals surface area contributed by atoms with E-state index in [1.807, 2.05) is 53.4 Å². The molecule has 27 heavy (non-hydrogen) atoms. The fourth-order valence-electron chi connectivity index (χ4n) is 3.34. The fourth-order valence-corrected chi connectivity index (χ4v) is 3.34. The summed E-state index contributed by atoms with van der Waals surface area (Å²) >= 11 is 0. The van der Waals surface area contributed by atoms with Gasteiger partial charge >= 0.3 is 0 Å². The molecule has 0 bridgehead atoms. The van der Waals surface area contributed by atoms with Crippen molar-refractivity contribution < 1.29 is 9.53 Å². The summed E-state index contributed by atoms with van der Waals surface area (Å²) in [6.45, 7) is 1.87. The van der Waals surface area contributed by atoms with Crippen LogP contribution in [0.15, 0.2) is 60.9 Å². The molecule has 3 aromatic rings. The van der Waals surface area contributed by atoms with Gasteiger partial charge in [0.1, 0.15) is 0 Å². The summed E-state index contributed by atoms with van der Waals surface area (Å²) in [5.41, 5.74) is 3.56. The maximum Gasteiger partial charge on any atom is 0.253 e. The van der Waals surface area contributed by atoms with Crippen molar-refractivity contribution in [1.82, 2.24) is 20.1 Å². The van der Waals surface area contributed by atoms with Gasteiger partial charge < -0.3 is 9.64 Å². The van der Waals surface area contributed by atoms with Crippen LogP contribution in [0, 0.1) is 0 Å². The third-order valence-corrected chi connectivity index (χ3v) is 4.80. The first-order valence-electron chi connectivity index (χ1n) is 9.20. The predicted octanol–water partition coefficient (Wildman–Crippen LogP) is 3.29. The van der Waals surface area contributed by atoms with E-state index in [2.05, 4.69) is 15.2 Å². The molecule has 0 aliphatic carbocycles. The van der Waals surface area contributed by atoms with Crippen LogP contribution in [0.1, 0.15) is 28.9 Å². The lowest BCUT2D eigenvalue weighted by Crippen LogP contribution is -2.43. The second kappa shape index (κ2) is 8.14. The summed E-state index contributed by atoms with van der Waals surface area (Å²) in [5.74, 6) is 0.0531. The van der Waals surface area contributed by atoms with Crippen molar-refractivity contribution >= 4 is 5.91 Å². The van der Waals surface area contributed by atoms with Crippen molar-refractivity contribution in [3.05, 3.63) is 72.2 Å². The van der Waals surface area contributed by atoms with Gasteiger partial charge in [-0.15, -0.1) is 0 Å². The summed E-state index contributed by atoms with van der Waals surface area (Å²) < 4.78 is 5.99. The molecule has 0 unspecified atom stereocenters. The van der Waals surface area contributed by atoms with E-state index < -0.39 is 0 Å². The van der Waals surface area contributed by atoms with E-state index in [4.69, 9.17) is 4.74 Å². The number of rotatable bonds is 5. The number of benzene rings is 1. The third-order valence-electron chi connectivity index (χ3n) is 4.80. The van der Waals surface area contributed by atoms with Crippen molar-refractivity contribution in [2.75, 3.05) is 13.1 Å². The van der Waals surface area contributed by atoms with Gasteiger partial charge in [-0.1, -0.05) is 18.2 Å². The van der Waals surface area contributed by atoms with Crippen LogP contribution in [0.25, 0.3) is 11.3 Å². The molecule has 1 amide bonds. The number of hydrogen-bond donors (Lipinski definition) is 1. The normalized spacial score (nSPS) is 17.0. The predicted molar refractivity (Wildman–Crippen MR) is 102 cm³/mol. The number of aromatic nitrogens is 3. The van der Waals surface area contributed by atoms with E-state index in [-0.39, 0.29) is 12.0 Å². The molecular formula is C21H22N4O2. The minimum atomic E-state index is 0.0500. The Morgan fingerprint density at radius 2 is 2.04 bits per heavy atom. The minimum Gasteiger partial charge on any atom is -0.370 e. The largest absolute Gasteiger partial charge is 0.370 e. The zero-order valence-corrected chi connectivity index (χ0v) is 15.0. The van der Waals surface area contributed by atoms with E-state index in [9.17, 15) is 4.79 Å². The van der Waals surface area contributed by atoms with Crippen LogP contribution in [-0.4, -0.2) is 45.2 Å². The second-order valence-corrected chi connectivity index (χ2v) is 6.70. The van der Waals surface area contributed by atoms with E-state index in [0.29, 0.717) is 18.7 Å². The van der Waals surface area contributed by atoms with Gasteiger partial charge in [-0.25, -0.2) is 0 Å². The van der Waals surface area contributed by atoms with Gasteiger partial charge in [0.25, 0.3) is 5.91 Å². The van der Waals surface area contributed by atoms with E-state index in [0.717, 1.165) is 36.3 Å². The highest BCUT2D eigenvalue weighted by atomic mass is 16.5. The van der Waals surface area contributed by atoms with Crippen molar-refractivity contribution in [3.63, 3.8) is 0 Å². The Morgan fingerprint density at radius 1 is 1.15 bits per heavy atom. The van der Waals surface area contributed by atoms with Gasteiger partial charge in [0.15, 0.2) is 0 Å². The number of pyridine rings is 1. The number of carbonyl (C=O) groups is 1. The van der Waals surface area contributed by atoms with Crippen LogP contribution in [0.4, 0.5) is 0 Å². The SMILES string of the molecule is O=C(c1ccc(-c2ccn[nH]2)cc1)N1CCC[C@@H](OCc2ccccn2)C1. The standard InChI is InChI=1S/C21H22N4O2/c26-21(17-8-6-16(7-9-17)20-10-12-23-24-20)25-13-3-5-19(14-25)27-15-18-4-1-2-11-22-18/h1-2,4,6-12,19H,3,5,13-15H2,(H,23,24)/t19-/m1/s1. The quantitative estimate of drug-likeness (QED) is 0.756. The van der Waals surface area contributed by atoms with Gasteiger partial charge in [-0.05, 0) is 48.7 Å². The van der Waals surface area contributed by atoms with Gasteiger partial charge in [-0.3, -0.25) is 14.9 Å². The highest BCUT2D eigenvalue weighted by Crippen LogP contribution is 2.20. The second-order valence-electron chi connectivity index (χ2n) is 6.70. The van der Waals surface area contributed by atoms with E-state index >= 15 is 0 Å². The molecule has 1 aromatic carbocycles. The minimum absolute atomic E-state index is 0.0500. The Balaban J connectivity index is 1.36. The van der Waals surface area contributed by atoms with Crippen LogP contribution < -0.4 is 0 Å². The molecule has 1 aliphatic rings. The average molecular weight is 362 g/mol. The summed E-state index contributed by atoms with van der Waals surface area (Å²) in [7, 11) is 0. The lowest BCUT2D eigenvalue weighted by molar-refractivity contribution is -0.00785. The Kier molecular flexibility index (Phi) is 5.25. The Hall–Kier alpha value is -2.99. The molecule has 2 aromatic heterocycles. The molecule has 1 aliphatic heterocycles. The van der Waals surface area contributed by atoms with Gasteiger partial charge in [0.05, 0.1) is 24.1 Å². The zero-order valence-electron chi connectivity index (χ0n) is 15.0. The molecule has 1 N–H and O–H groups in total. The number of piperidine rings is 1. The Labute approximate surface area is 158 Å². The van der Waals surface area contributed by atoms with Gasteiger partial charge in [0.2, 0.25) is 0 Å². The summed E-state index contributed by atoms with van der Waals surface area (Å²) in [6, 6.07) is 15.3. The maximum atomic E-state index is 12.9. The third kappa shape index (κ3) is 4.23. The zero-order chi connectivity index (χ0) is 18.5. The lowest BCUT2D eigenvalue weighted by atomic mass is 10.0. The highest BCUT2D eigenvalue weighted by Gasteiger charge is 2.25. The molecule has 0 saturated carbocycles. The average Bonchev–Trinajstić information content (AvgIpc) is 3.28. The number of amides is 1. The highest BCUT2D eigenvalue weighted by molar-refractivity contribution is 5.94. The van der Waals surface area contributed by atoms with Crippen molar-refractivity contribution in [1.29, 1.82) is 0 Å². The molecule has 0 radical (unpaired) electrons. The fraction of sp³-hybridized carbons (Fsp3) is 0.286. The van der Waals surface area contributed by atoms with E-state index in [1.165, 1.54) is 0 Å². The first-order valence-corrected chi connectivity index (χ1v) is 9.20. The summed E-state index contributed by atoms with van der Waals surface area (Å²) in [6.07, 6.45) is 5.45. The number of hydrogen-bond acceptors (Lipinski definition) is 4. The number of carbonyl (C=O) groups excluding carboxylic acids is 1. The van der Waals surface area contributed by atoms with Crippen LogP contribution >= 0.6 is 0 Å². The number of likely N-dealkylation sites (tertiary alicyclic amines) is 1. The van der Waals surface area contributed by atoms with Crippen molar-refractivity contribution in [3.8, 4) is 11.3 Å². The Bertz CT molecular complexity index is 863. The number of H-pyrrole nitrogens is 1. The number of ether oxygens (including phenoxy) is 1. The number of aromatic amines is 1. The van der Waals surface area contributed by atoms with Gasteiger partial charge in [-0.2, -0.15) is 5.10 Å². The van der Waals surface area contributed by atoms with Crippen molar-refractivity contribution in [2.24, 2.45) is 0 Å². The molecule has 1 saturated heterocycles. The molecule has 3 heterocycles. The molecule has 1 atom stereocenters. The van der Waals surface area contributed by atoms with Crippen LogP contribution in [0.5, 0.6) is 0 Å². The summed E-state index contributed by atoms with van der Waals surface area (Å²) in [5, 5.41) is 6.89. The van der Waals surface area contributed by atoms with Crippen LogP contribution in [0.3, 0.4) is 0 Å². The molecule has 6 heteroatoms. The number of nitrogens with one attached hydrogen (secondary N) is 1. The first-order chi connectivity index (χ1) is 13.3. The van der Waals surface area contributed by atoms with Crippen LogP contribution in [0.2, 0.25) is 0 Å². The maximum absolute atomic E-state index is 12.9. The molecule has 1 fully saturated rings. The van der Waals surface area contributed by atoms with Crippen LogP contribution in [-0.2, 0) is 11.3 Å². The molecule has 138 valence electrons. The molecule has 4 rings (SSSR count).